The van der Waals surface area contributed by atoms with Crippen LogP contribution >= 0.6 is 24.0 Å². The van der Waals surface area contributed by atoms with E-state index in [0.29, 0.717) is 13.1 Å². The minimum Gasteiger partial charge on any atom is -0.357 e. The van der Waals surface area contributed by atoms with E-state index in [-0.39, 0.29) is 35.2 Å². The number of benzene rings is 1. The average Bonchev–Trinajstić information content (AvgIpc) is 3.03. The molecule has 0 unspecified atom stereocenters. The first kappa shape index (κ1) is 20.4. The van der Waals surface area contributed by atoms with Gasteiger partial charge in [-0.3, -0.25) is 5.10 Å². The summed E-state index contributed by atoms with van der Waals surface area (Å²) >= 11 is 0. The molecule has 1 aromatic heterocycles. The van der Waals surface area contributed by atoms with Gasteiger partial charge in [-0.05, 0) is 30.7 Å². The van der Waals surface area contributed by atoms with Crippen molar-refractivity contribution in [3.05, 3.63) is 53.6 Å². The Morgan fingerprint density at radius 1 is 1.29 bits per heavy atom. The Bertz CT molecular complexity index is 640. The molecule has 7 heteroatoms. The van der Waals surface area contributed by atoms with E-state index in [1.807, 2.05) is 19.1 Å². The zero-order chi connectivity index (χ0) is 16.7. The lowest BCUT2D eigenvalue weighted by atomic mass is 9.84. The standard InChI is InChI=1S/C17H24FN5.HI/c1-4-19-16(20-11-15-8-9-22-23-15)21-12-17(2,3)13-6-5-7-14(18)10-13;/h5-10H,4,11-12H2,1-3H3,(H,22,23)(H2,19,20,21);1H. The Morgan fingerprint density at radius 2 is 2.08 bits per heavy atom. The maximum Gasteiger partial charge on any atom is 0.191 e. The first-order valence-electron chi connectivity index (χ1n) is 7.78. The number of H-pyrrole nitrogens is 1. The molecule has 132 valence electrons. The van der Waals surface area contributed by atoms with Crippen LogP contribution in [0, 0.1) is 5.82 Å². The number of nitrogens with one attached hydrogen (secondary N) is 3. The summed E-state index contributed by atoms with van der Waals surface area (Å²) in [7, 11) is 0. The lowest BCUT2D eigenvalue weighted by molar-refractivity contribution is 0.503. The average molecular weight is 445 g/mol. The van der Waals surface area contributed by atoms with Gasteiger partial charge in [0.15, 0.2) is 5.96 Å². The fraction of sp³-hybridized carbons (Fsp3) is 0.412. The van der Waals surface area contributed by atoms with Crippen molar-refractivity contribution in [2.45, 2.75) is 32.7 Å². The number of aliphatic imine (C=N–C) groups is 1. The maximum absolute atomic E-state index is 13.4. The molecule has 0 saturated carbocycles. The van der Waals surface area contributed by atoms with Crippen molar-refractivity contribution in [1.82, 2.24) is 20.8 Å². The molecule has 0 amide bonds. The van der Waals surface area contributed by atoms with Crippen LogP contribution in [0.25, 0.3) is 0 Å². The number of nitrogens with zero attached hydrogens (tertiary/aromatic N) is 2. The number of aromatic amines is 1. The summed E-state index contributed by atoms with van der Waals surface area (Å²) in [6, 6.07) is 8.62. The molecule has 5 nitrogen and oxygen atoms in total. The molecule has 0 spiro atoms. The van der Waals surface area contributed by atoms with Crippen LogP contribution in [0.3, 0.4) is 0 Å². The monoisotopic (exact) mass is 445 g/mol. The Hall–Kier alpha value is -1.64. The van der Waals surface area contributed by atoms with Gasteiger partial charge in [0, 0.05) is 24.7 Å². The molecule has 0 atom stereocenters. The van der Waals surface area contributed by atoms with E-state index in [1.54, 1.807) is 18.3 Å². The number of hydrogen-bond acceptors (Lipinski definition) is 2. The van der Waals surface area contributed by atoms with Crippen LogP contribution < -0.4 is 10.6 Å². The molecule has 0 aliphatic heterocycles. The third kappa shape index (κ3) is 6.10. The zero-order valence-electron chi connectivity index (χ0n) is 14.3. The number of hydrogen-bond donors (Lipinski definition) is 3. The van der Waals surface area contributed by atoms with Gasteiger partial charge in [0.05, 0.1) is 12.2 Å². The SMILES string of the molecule is CCNC(=NCc1ccn[nH]1)NCC(C)(C)c1cccc(F)c1.I. The molecule has 0 saturated heterocycles. The molecule has 0 bridgehead atoms. The van der Waals surface area contributed by atoms with Gasteiger partial charge in [0.1, 0.15) is 5.82 Å². The lowest BCUT2D eigenvalue weighted by Crippen LogP contribution is -2.43. The second kappa shape index (κ2) is 9.61. The summed E-state index contributed by atoms with van der Waals surface area (Å²) in [6.07, 6.45) is 1.71. The van der Waals surface area contributed by atoms with Crippen LogP contribution in [0.2, 0.25) is 0 Å². The summed E-state index contributed by atoms with van der Waals surface area (Å²) in [5, 5.41) is 13.3. The van der Waals surface area contributed by atoms with Crippen LogP contribution in [0.15, 0.2) is 41.5 Å². The Kier molecular flexibility index (Phi) is 8.17. The zero-order valence-corrected chi connectivity index (χ0v) is 16.6. The number of aromatic nitrogens is 2. The largest absolute Gasteiger partial charge is 0.357 e. The molecule has 2 aromatic rings. The Labute approximate surface area is 159 Å². The number of halogens is 2. The fourth-order valence-electron chi connectivity index (χ4n) is 2.19. The van der Waals surface area contributed by atoms with Crippen molar-refractivity contribution in [3.8, 4) is 0 Å². The van der Waals surface area contributed by atoms with E-state index in [4.69, 9.17) is 0 Å². The van der Waals surface area contributed by atoms with Crippen molar-refractivity contribution in [2.75, 3.05) is 13.1 Å². The summed E-state index contributed by atoms with van der Waals surface area (Å²) < 4.78 is 13.4. The highest BCUT2D eigenvalue weighted by molar-refractivity contribution is 14.0. The van der Waals surface area contributed by atoms with Crippen molar-refractivity contribution < 1.29 is 4.39 Å². The number of guanidine groups is 1. The van der Waals surface area contributed by atoms with E-state index in [2.05, 4.69) is 39.7 Å². The molecule has 1 aromatic carbocycles. The van der Waals surface area contributed by atoms with Gasteiger partial charge in [-0.1, -0.05) is 26.0 Å². The quantitative estimate of drug-likeness (QED) is 0.364. The van der Waals surface area contributed by atoms with Crippen molar-refractivity contribution >= 4 is 29.9 Å². The van der Waals surface area contributed by atoms with E-state index in [1.165, 1.54) is 6.07 Å². The van der Waals surface area contributed by atoms with E-state index < -0.39 is 0 Å². The third-order valence-electron chi connectivity index (χ3n) is 3.61. The second-order valence-corrected chi connectivity index (χ2v) is 6.02. The highest BCUT2D eigenvalue weighted by Crippen LogP contribution is 2.22. The molecule has 24 heavy (non-hydrogen) atoms. The summed E-state index contributed by atoms with van der Waals surface area (Å²) in [4.78, 5) is 4.52. The molecule has 1 heterocycles. The van der Waals surface area contributed by atoms with Crippen molar-refractivity contribution in [3.63, 3.8) is 0 Å². The molecule has 0 aliphatic rings. The molecule has 0 aliphatic carbocycles. The van der Waals surface area contributed by atoms with Gasteiger partial charge in [0.2, 0.25) is 0 Å². The number of rotatable bonds is 6. The van der Waals surface area contributed by atoms with Crippen LogP contribution in [-0.4, -0.2) is 29.2 Å². The van der Waals surface area contributed by atoms with Crippen molar-refractivity contribution in [1.29, 1.82) is 0 Å². The first-order valence-corrected chi connectivity index (χ1v) is 7.78. The summed E-state index contributed by atoms with van der Waals surface area (Å²) in [5.74, 6) is 0.516. The summed E-state index contributed by atoms with van der Waals surface area (Å²) in [5.41, 5.74) is 1.69. The smallest absolute Gasteiger partial charge is 0.191 e. The van der Waals surface area contributed by atoms with Crippen LogP contribution in [-0.2, 0) is 12.0 Å². The molecule has 0 radical (unpaired) electrons. The fourth-order valence-corrected chi connectivity index (χ4v) is 2.19. The predicted octanol–water partition coefficient (Wildman–Crippen LogP) is 3.20. The topological polar surface area (TPSA) is 65.1 Å². The molecule has 0 fully saturated rings. The van der Waals surface area contributed by atoms with Gasteiger partial charge < -0.3 is 10.6 Å². The van der Waals surface area contributed by atoms with Crippen LogP contribution in [0.5, 0.6) is 0 Å². The minimum atomic E-state index is -0.216. The van der Waals surface area contributed by atoms with E-state index in [0.717, 1.165) is 23.8 Å². The van der Waals surface area contributed by atoms with E-state index in [9.17, 15) is 4.39 Å². The van der Waals surface area contributed by atoms with Gasteiger partial charge in [-0.25, -0.2) is 9.38 Å². The highest BCUT2D eigenvalue weighted by atomic mass is 127. The maximum atomic E-state index is 13.4. The molecule has 3 N–H and O–H groups in total. The normalized spacial score (nSPS) is 11.8. The molecular weight excluding hydrogens is 420 g/mol. The van der Waals surface area contributed by atoms with Crippen LogP contribution in [0.4, 0.5) is 4.39 Å². The van der Waals surface area contributed by atoms with Gasteiger partial charge in [-0.15, -0.1) is 24.0 Å². The van der Waals surface area contributed by atoms with Crippen LogP contribution in [0.1, 0.15) is 32.0 Å². The summed E-state index contributed by atoms with van der Waals surface area (Å²) in [6.45, 7) is 8.11. The molecular formula is C17H25FIN5. The Morgan fingerprint density at radius 3 is 2.71 bits per heavy atom. The van der Waals surface area contributed by atoms with Gasteiger partial charge in [-0.2, -0.15) is 5.10 Å². The second-order valence-electron chi connectivity index (χ2n) is 6.02. The first-order chi connectivity index (χ1) is 11.0. The molecule has 2 rings (SSSR count). The van der Waals surface area contributed by atoms with Crippen molar-refractivity contribution in [2.24, 2.45) is 4.99 Å². The van der Waals surface area contributed by atoms with Gasteiger partial charge >= 0.3 is 0 Å². The predicted molar refractivity (Wildman–Crippen MR) is 106 cm³/mol. The lowest BCUT2D eigenvalue weighted by Gasteiger charge is -2.26. The Balaban J connectivity index is 0.00000288. The van der Waals surface area contributed by atoms with Gasteiger partial charge in [0.25, 0.3) is 0 Å². The highest BCUT2D eigenvalue weighted by Gasteiger charge is 2.21. The minimum absolute atomic E-state index is 0. The third-order valence-corrected chi connectivity index (χ3v) is 3.61. The van der Waals surface area contributed by atoms with E-state index >= 15 is 0 Å².